The number of carbonyl (C=O) groups is 2. The molecule has 0 aromatic carbocycles. The fraction of sp³-hybridized carbons (Fsp3) is 0.462. The summed E-state index contributed by atoms with van der Waals surface area (Å²) in [4.78, 5) is 28.3. The molecular formula is C13H15BrFN3O4. The molecule has 1 aliphatic heterocycles. The minimum absolute atomic E-state index is 0.161. The third-order valence-electron chi connectivity index (χ3n) is 3.28. The van der Waals surface area contributed by atoms with Crippen molar-refractivity contribution < 1.29 is 23.8 Å². The number of methoxy groups -OCH3 is 1. The molecule has 1 aliphatic rings. The molecule has 2 heterocycles. The van der Waals surface area contributed by atoms with Gasteiger partial charge in [-0.05, 0) is 22.0 Å². The number of amides is 2. The van der Waals surface area contributed by atoms with E-state index in [0.29, 0.717) is 10.2 Å². The standard InChI is InChI=1S/C13H15BrFN3O4/c1-22-6-7-2-3-10(14)16-11(7)17-12(19)9-4-8(15)5-18(9)13(20)21/h2-3,8-9H,4-6H2,1H3,(H,20,21)(H,16,17,19)/t8-,9+/m1/s1. The first-order chi connectivity index (χ1) is 10.4. The fourth-order valence-electron chi connectivity index (χ4n) is 2.29. The number of anilines is 1. The van der Waals surface area contributed by atoms with Gasteiger partial charge in [0.1, 0.15) is 22.6 Å². The van der Waals surface area contributed by atoms with E-state index in [4.69, 9.17) is 9.84 Å². The summed E-state index contributed by atoms with van der Waals surface area (Å²) in [7, 11) is 1.50. The van der Waals surface area contributed by atoms with E-state index >= 15 is 0 Å². The van der Waals surface area contributed by atoms with Crippen molar-refractivity contribution in [3.05, 3.63) is 22.3 Å². The molecule has 0 spiro atoms. The lowest BCUT2D eigenvalue weighted by Gasteiger charge is -2.20. The van der Waals surface area contributed by atoms with Gasteiger partial charge in [-0.3, -0.25) is 9.69 Å². The molecule has 0 radical (unpaired) electrons. The van der Waals surface area contributed by atoms with Crippen LogP contribution in [-0.4, -0.2) is 52.9 Å². The number of halogens is 2. The Kier molecular flexibility index (Phi) is 5.30. The zero-order valence-electron chi connectivity index (χ0n) is 11.8. The van der Waals surface area contributed by atoms with Gasteiger partial charge in [0.2, 0.25) is 5.91 Å². The Bertz CT molecular complexity index is 586. The van der Waals surface area contributed by atoms with Crippen molar-refractivity contribution in [1.29, 1.82) is 0 Å². The van der Waals surface area contributed by atoms with E-state index in [1.807, 2.05) is 0 Å². The molecule has 120 valence electrons. The average molecular weight is 376 g/mol. The second-order valence-corrected chi connectivity index (χ2v) is 5.66. The summed E-state index contributed by atoms with van der Waals surface area (Å²) in [5.41, 5.74) is 0.635. The monoisotopic (exact) mass is 375 g/mol. The molecule has 0 unspecified atom stereocenters. The largest absolute Gasteiger partial charge is 0.465 e. The quantitative estimate of drug-likeness (QED) is 0.785. The van der Waals surface area contributed by atoms with Crippen LogP contribution in [0.5, 0.6) is 0 Å². The van der Waals surface area contributed by atoms with Crippen LogP contribution in [0.25, 0.3) is 0 Å². The highest BCUT2D eigenvalue weighted by atomic mass is 79.9. The number of nitrogens with zero attached hydrogens (tertiary/aromatic N) is 2. The van der Waals surface area contributed by atoms with E-state index in [1.54, 1.807) is 12.1 Å². The van der Waals surface area contributed by atoms with Gasteiger partial charge in [0.05, 0.1) is 13.2 Å². The number of alkyl halides is 1. The Morgan fingerprint density at radius 3 is 2.95 bits per heavy atom. The number of pyridine rings is 1. The molecule has 2 N–H and O–H groups in total. The molecule has 1 fully saturated rings. The lowest BCUT2D eigenvalue weighted by atomic mass is 10.2. The number of hydrogen-bond acceptors (Lipinski definition) is 4. The Morgan fingerprint density at radius 1 is 1.59 bits per heavy atom. The molecule has 9 heteroatoms. The number of aromatic nitrogens is 1. The highest BCUT2D eigenvalue weighted by Gasteiger charge is 2.40. The molecule has 2 rings (SSSR count). The van der Waals surface area contributed by atoms with Crippen LogP contribution in [0, 0.1) is 0 Å². The highest BCUT2D eigenvalue weighted by molar-refractivity contribution is 9.10. The fourth-order valence-corrected chi connectivity index (χ4v) is 2.60. The van der Waals surface area contributed by atoms with Crippen molar-refractivity contribution in [3.63, 3.8) is 0 Å². The zero-order chi connectivity index (χ0) is 16.3. The van der Waals surface area contributed by atoms with Crippen LogP contribution in [0.3, 0.4) is 0 Å². The van der Waals surface area contributed by atoms with Crippen LogP contribution in [0.15, 0.2) is 16.7 Å². The SMILES string of the molecule is COCc1ccc(Br)nc1NC(=O)[C@@H]1C[C@@H](F)CN1C(=O)O. The summed E-state index contributed by atoms with van der Waals surface area (Å²) < 4.78 is 18.9. The maximum absolute atomic E-state index is 13.4. The summed E-state index contributed by atoms with van der Waals surface area (Å²) in [6.45, 7) is -0.0702. The molecule has 2 atom stereocenters. The van der Waals surface area contributed by atoms with E-state index in [0.717, 1.165) is 4.90 Å². The number of carbonyl (C=O) groups excluding carboxylic acids is 1. The zero-order valence-corrected chi connectivity index (χ0v) is 13.3. The summed E-state index contributed by atoms with van der Waals surface area (Å²) in [6.07, 6.45) is -2.83. The highest BCUT2D eigenvalue weighted by Crippen LogP contribution is 2.23. The van der Waals surface area contributed by atoms with Crippen molar-refractivity contribution in [2.24, 2.45) is 0 Å². The third-order valence-corrected chi connectivity index (χ3v) is 3.73. The van der Waals surface area contributed by atoms with Gasteiger partial charge in [0.25, 0.3) is 0 Å². The lowest BCUT2D eigenvalue weighted by Crippen LogP contribution is -2.42. The van der Waals surface area contributed by atoms with Crippen molar-refractivity contribution in [2.75, 3.05) is 19.0 Å². The Morgan fingerprint density at radius 2 is 2.32 bits per heavy atom. The summed E-state index contributed by atoms with van der Waals surface area (Å²) in [6, 6.07) is 2.35. The van der Waals surface area contributed by atoms with Gasteiger partial charge >= 0.3 is 6.09 Å². The predicted octanol–water partition coefficient (Wildman–Crippen LogP) is 2.02. The number of ether oxygens (including phenoxy) is 1. The topological polar surface area (TPSA) is 91.8 Å². The lowest BCUT2D eigenvalue weighted by molar-refractivity contribution is -0.120. The summed E-state index contributed by atoms with van der Waals surface area (Å²) in [5, 5.41) is 11.6. The van der Waals surface area contributed by atoms with E-state index in [-0.39, 0.29) is 25.4 Å². The van der Waals surface area contributed by atoms with E-state index in [2.05, 4.69) is 26.2 Å². The molecule has 7 nitrogen and oxygen atoms in total. The van der Waals surface area contributed by atoms with Gasteiger partial charge in [-0.15, -0.1) is 0 Å². The molecule has 0 aliphatic carbocycles. The molecule has 22 heavy (non-hydrogen) atoms. The third kappa shape index (κ3) is 3.72. The molecule has 0 saturated carbocycles. The maximum Gasteiger partial charge on any atom is 0.408 e. The van der Waals surface area contributed by atoms with Crippen LogP contribution in [0.2, 0.25) is 0 Å². The Labute approximate surface area is 134 Å². The van der Waals surface area contributed by atoms with Crippen molar-refractivity contribution >= 4 is 33.7 Å². The second kappa shape index (κ2) is 7.01. The summed E-state index contributed by atoms with van der Waals surface area (Å²) in [5.74, 6) is -0.348. The number of hydrogen-bond donors (Lipinski definition) is 2. The van der Waals surface area contributed by atoms with Gasteiger partial charge in [-0.25, -0.2) is 14.2 Å². The van der Waals surface area contributed by atoms with Crippen LogP contribution >= 0.6 is 15.9 Å². The minimum atomic E-state index is -1.35. The van der Waals surface area contributed by atoms with Crippen LogP contribution in [0.4, 0.5) is 15.0 Å². The minimum Gasteiger partial charge on any atom is -0.465 e. The first kappa shape index (κ1) is 16.6. The smallest absolute Gasteiger partial charge is 0.408 e. The van der Waals surface area contributed by atoms with Gasteiger partial charge < -0.3 is 15.2 Å². The van der Waals surface area contributed by atoms with E-state index < -0.39 is 24.2 Å². The van der Waals surface area contributed by atoms with Crippen molar-refractivity contribution in [3.8, 4) is 0 Å². The number of carboxylic acid groups (broad SMARTS) is 1. The number of rotatable bonds is 4. The molecule has 2 amide bonds. The molecular weight excluding hydrogens is 361 g/mol. The molecule has 1 aromatic heterocycles. The maximum atomic E-state index is 13.4. The summed E-state index contributed by atoms with van der Waals surface area (Å²) >= 11 is 3.20. The van der Waals surface area contributed by atoms with Crippen LogP contribution in [-0.2, 0) is 16.1 Å². The van der Waals surface area contributed by atoms with Crippen molar-refractivity contribution in [1.82, 2.24) is 9.88 Å². The number of nitrogens with one attached hydrogen (secondary N) is 1. The van der Waals surface area contributed by atoms with Crippen LogP contribution in [0.1, 0.15) is 12.0 Å². The van der Waals surface area contributed by atoms with Gasteiger partial charge in [0, 0.05) is 19.1 Å². The normalized spacial score (nSPS) is 21.0. The molecule has 1 aromatic rings. The first-order valence-electron chi connectivity index (χ1n) is 6.51. The second-order valence-electron chi connectivity index (χ2n) is 4.85. The van der Waals surface area contributed by atoms with Crippen LogP contribution < -0.4 is 5.32 Å². The first-order valence-corrected chi connectivity index (χ1v) is 7.30. The average Bonchev–Trinajstić information content (AvgIpc) is 2.84. The van der Waals surface area contributed by atoms with Gasteiger partial charge in [-0.1, -0.05) is 6.07 Å². The van der Waals surface area contributed by atoms with E-state index in [1.165, 1.54) is 7.11 Å². The van der Waals surface area contributed by atoms with E-state index in [9.17, 15) is 14.0 Å². The number of likely N-dealkylation sites (tertiary alicyclic amines) is 1. The predicted molar refractivity (Wildman–Crippen MR) is 79.3 cm³/mol. The van der Waals surface area contributed by atoms with Gasteiger partial charge in [0.15, 0.2) is 0 Å². The van der Waals surface area contributed by atoms with Crippen molar-refractivity contribution in [2.45, 2.75) is 25.2 Å². The Balaban J connectivity index is 2.18. The molecule has 1 saturated heterocycles. The Hall–Kier alpha value is -1.74. The van der Waals surface area contributed by atoms with Gasteiger partial charge in [-0.2, -0.15) is 0 Å². The molecule has 0 bridgehead atoms.